The molecule has 1 N–H and O–H groups in total. The minimum Gasteiger partial charge on any atom is -0.392 e. The highest BCUT2D eigenvalue weighted by Crippen LogP contribution is 2.18. The molecule has 2 nitrogen and oxygen atoms in total. The lowest BCUT2D eigenvalue weighted by Crippen LogP contribution is -2.47. The molecular weight excluding hydrogens is 138 g/mol. The highest BCUT2D eigenvalue weighted by atomic mass is 16.3. The van der Waals surface area contributed by atoms with E-state index in [1.807, 2.05) is 0 Å². The van der Waals surface area contributed by atoms with Crippen LogP contribution in [0.4, 0.5) is 0 Å². The quantitative estimate of drug-likeness (QED) is 0.619. The maximum Gasteiger partial charge on any atom is 0.0667 e. The van der Waals surface area contributed by atoms with E-state index in [0.717, 1.165) is 19.4 Å². The summed E-state index contributed by atoms with van der Waals surface area (Å²) in [6.07, 6.45) is 2.03. The number of β-amino-alcohol motifs (C(OH)–C–C–N with tert-alkyl or cyclic N) is 1. The minimum absolute atomic E-state index is 0.0893. The largest absolute Gasteiger partial charge is 0.392 e. The van der Waals surface area contributed by atoms with Crippen molar-refractivity contribution in [2.24, 2.45) is 0 Å². The van der Waals surface area contributed by atoms with E-state index in [1.54, 1.807) is 0 Å². The molecule has 0 unspecified atom stereocenters. The van der Waals surface area contributed by atoms with Gasteiger partial charge in [0, 0.05) is 18.6 Å². The highest BCUT2D eigenvalue weighted by Gasteiger charge is 2.25. The molecule has 11 heavy (non-hydrogen) atoms. The molecule has 0 bridgehead atoms. The molecule has 1 fully saturated rings. The topological polar surface area (TPSA) is 23.5 Å². The number of rotatable bonds is 1. The lowest BCUT2D eigenvalue weighted by atomic mass is 10.00. The normalized spacial score (nSPS) is 34.6. The third kappa shape index (κ3) is 2.17. The maximum atomic E-state index is 9.40. The van der Waals surface area contributed by atoms with Gasteiger partial charge in [0.2, 0.25) is 0 Å². The number of hydrogen-bond acceptors (Lipinski definition) is 2. The second kappa shape index (κ2) is 3.55. The van der Waals surface area contributed by atoms with Crippen molar-refractivity contribution in [2.75, 3.05) is 6.54 Å². The van der Waals surface area contributed by atoms with E-state index in [0.29, 0.717) is 12.1 Å². The maximum absolute atomic E-state index is 9.40. The van der Waals surface area contributed by atoms with Gasteiger partial charge in [-0.15, -0.1) is 0 Å². The molecule has 2 heteroatoms. The van der Waals surface area contributed by atoms with Gasteiger partial charge in [-0.05, 0) is 33.6 Å². The summed E-state index contributed by atoms with van der Waals surface area (Å²) in [5.41, 5.74) is 0. The molecule has 0 spiro atoms. The van der Waals surface area contributed by atoms with Gasteiger partial charge in [-0.1, -0.05) is 0 Å². The van der Waals surface area contributed by atoms with Gasteiger partial charge in [-0.3, -0.25) is 4.90 Å². The first-order valence-corrected chi connectivity index (χ1v) is 4.55. The van der Waals surface area contributed by atoms with Crippen LogP contribution in [0.2, 0.25) is 0 Å². The molecule has 0 saturated carbocycles. The van der Waals surface area contributed by atoms with Crippen LogP contribution in [0, 0.1) is 0 Å². The van der Waals surface area contributed by atoms with Crippen molar-refractivity contribution in [1.82, 2.24) is 4.90 Å². The highest BCUT2D eigenvalue weighted by molar-refractivity contribution is 4.80. The Balaban J connectivity index is 2.47. The van der Waals surface area contributed by atoms with Crippen LogP contribution >= 0.6 is 0 Å². The second-order valence-electron chi connectivity index (χ2n) is 3.87. The van der Waals surface area contributed by atoms with Gasteiger partial charge >= 0.3 is 0 Å². The van der Waals surface area contributed by atoms with Crippen molar-refractivity contribution in [3.05, 3.63) is 0 Å². The Bertz CT molecular complexity index is 125. The van der Waals surface area contributed by atoms with Crippen LogP contribution in [0.15, 0.2) is 0 Å². The van der Waals surface area contributed by atoms with Crippen LogP contribution in [-0.4, -0.2) is 34.7 Å². The number of likely N-dealkylation sites (tertiary alicyclic amines) is 1. The monoisotopic (exact) mass is 157 g/mol. The average molecular weight is 157 g/mol. The smallest absolute Gasteiger partial charge is 0.0667 e. The predicted molar refractivity (Wildman–Crippen MR) is 46.5 cm³/mol. The first-order chi connectivity index (χ1) is 5.11. The molecular formula is C9H19NO. The zero-order valence-corrected chi connectivity index (χ0v) is 7.75. The average Bonchev–Trinajstić information content (AvgIpc) is 1.94. The van der Waals surface area contributed by atoms with Crippen molar-refractivity contribution >= 4 is 0 Å². The van der Waals surface area contributed by atoms with Gasteiger partial charge < -0.3 is 5.11 Å². The van der Waals surface area contributed by atoms with Crippen molar-refractivity contribution < 1.29 is 5.11 Å². The van der Waals surface area contributed by atoms with Gasteiger partial charge in [-0.25, -0.2) is 0 Å². The van der Waals surface area contributed by atoms with Crippen LogP contribution in [0.1, 0.15) is 33.6 Å². The molecule has 2 atom stereocenters. The Labute approximate surface area is 69.2 Å². The summed E-state index contributed by atoms with van der Waals surface area (Å²) >= 11 is 0. The van der Waals surface area contributed by atoms with Crippen molar-refractivity contribution in [2.45, 2.75) is 51.8 Å². The number of piperidine rings is 1. The minimum atomic E-state index is -0.0893. The number of hydrogen-bond donors (Lipinski definition) is 1. The predicted octanol–water partition coefficient (Wildman–Crippen LogP) is 1.24. The number of aliphatic hydroxyl groups excluding tert-OH is 1. The third-order valence-electron chi connectivity index (χ3n) is 2.57. The van der Waals surface area contributed by atoms with Crippen LogP contribution in [0.25, 0.3) is 0 Å². The van der Waals surface area contributed by atoms with Crippen LogP contribution in [-0.2, 0) is 0 Å². The third-order valence-corrected chi connectivity index (χ3v) is 2.57. The van der Waals surface area contributed by atoms with E-state index in [4.69, 9.17) is 0 Å². The Morgan fingerprint density at radius 2 is 2.00 bits per heavy atom. The summed E-state index contributed by atoms with van der Waals surface area (Å²) in [7, 11) is 0. The summed E-state index contributed by atoms with van der Waals surface area (Å²) in [6, 6.07) is 1.22. The molecule has 0 aliphatic carbocycles. The Kier molecular flexibility index (Phi) is 2.90. The molecule has 66 valence electrons. The van der Waals surface area contributed by atoms with E-state index < -0.39 is 0 Å². The molecule has 0 amide bonds. The van der Waals surface area contributed by atoms with Crippen molar-refractivity contribution in [3.63, 3.8) is 0 Å². The molecule has 1 heterocycles. The Morgan fingerprint density at radius 1 is 1.36 bits per heavy atom. The lowest BCUT2D eigenvalue weighted by molar-refractivity contribution is 0.0234. The molecule has 0 aromatic heterocycles. The number of nitrogens with zero attached hydrogens (tertiary/aromatic N) is 1. The molecule has 1 aliphatic rings. The standard InChI is InChI=1S/C9H19NO/c1-7(2)10-6-9(11)5-4-8(10)3/h7-9,11H,4-6H2,1-3H3/t8-,9+/m1/s1. The van der Waals surface area contributed by atoms with Gasteiger partial charge in [0.25, 0.3) is 0 Å². The van der Waals surface area contributed by atoms with Crippen molar-refractivity contribution in [1.29, 1.82) is 0 Å². The fourth-order valence-corrected chi connectivity index (χ4v) is 1.83. The zero-order chi connectivity index (χ0) is 8.43. The van der Waals surface area contributed by atoms with Crippen LogP contribution in [0.5, 0.6) is 0 Å². The molecule has 0 aromatic rings. The summed E-state index contributed by atoms with van der Waals surface area (Å²) < 4.78 is 0. The fourth-order valence-electron chi connectivity index (χ4n) is 1.83. The zero-order valence-electron chi connectivity index (χ0n) is 7.75. The number of aliphatic hydroxyl groups is 1. The fraction of sp³-hybridized carbons (Fsp3) is 1.00. The van der Waals surface area contributed by atoms with Crippen LogP contribution < -0.4 is 0 Å². The van der Waals surface area contributed by atoms with Gasteiger partial charge in [0.1, 0.15) is 0 Å². The van der Waals surface area contributed by atoms with E-state index in [1.165, 1.54) is 0 Å². The molecule has 1 saturated heterocycles. The van der Waals surface area contributed by atoms with Crippen molar-refractivity contribution in [3.8, 4) is 0 Å². The molecule has 1 rings (SSSR count). The Morgan fingerprint density at radius 3 is 2.45 bits per heavy atom. The second-order valence-corrected chi connectivity index (χ2v) is 3.87. The van der Waals surface area contributed by atoms with E-state index in [9.17, 15) is 5.11 Å². The lowest BCUT2D eigenvalue weighted by Gasteiger charge is -2.38. The summed E-state index contributed by atoms with van der Waals surface area (Å²) in [6.45, 7) is 7.48. The van der Waals surface area contributed by atoms with Gasteiger partial charge in [0.05, 0.1) is 6.10 Å². The van der Waals surface area contributed by atoms with Crippen LogP contribution in [0.3, 0.4) is 0 Å². The molecule has 1 aliphatic heterocycles. The molecule has 0 aromatic carbocycles. The molecule has 0 radical (unpaired) electrons. The van der Waals surface area contributed by atoms with E-state index in [2.05, 4.69) is 25.7 Å². The summed E-state index contributed by atoms with van der Waals surface area (Å²) in [4.78, 5) is 2.37. The SMILES string of the molecule is CC(C)N1C[C@@H](O)CC[C@H]1C. The Hall–Kier alpha value is -0.0800. The summed E-state index contributed by atoms with van der Waals surface area (Å²) in [5, 5.41) is 9.40. The van der Waals surface area contributed by atoms with E-state index in [-0.39, 0.29) is 6.10 Å². The van der Waals surface area contributed by atoms with E-state index >= 15 is 0 Å². The van der Waals surface area contributed by atoms with Gasteiger partial charge in [-0.2, -0.15) is 0 Å². The first-order valence-electron chi connectivity index (χ1n) is 4.55. The summed E-state index contributed by atoms with van der Waals surface area (Å²) in [5.74, 6) is 0. The van der Waals surface area contributed by atoms with Gasteiger partial charge in [0.15, 0.2) is 0 Å². The first kappa shape index (κ1) is 9.01.